The molecule has 0 saturated carbocycles. The van der Waals surface area contributed by atoms with Crippen LogP contribution >= 0.6 is 0 Å². The Kier molecular flexibility index (Phi) is 4.04. The molecule has 0 bridgehead atoms. The van der Waals surface area contributed by atoms with E-state index in [9.17, 15) is 10.1 Å². The number of nitrogens with one attached hydrogen (secondary N) is 1. The lowest BCUT2D eigenvalue weighted by Crippen LogP contribution is -2.14. The highest BCUT2D eigenvalue weighted by Gasteiger charge is 2.26. The van der Waals surface area contributed by atoms with Gasteiger partial charge in [-0.1, -0.05) is 42.5 Å². The normalized spacial score (nSPS) is 12.0. The van der Waals surface area contributed by atoms with Gasteiger partial charge in [-0.3, -0.25) is 9.48 Å². The molecule has 1 atom stereocenters. The number of hydrogen-bond acceptors (Lipinski definition) is 4. The number of carbonyl (C=O) groups is 1. The first kappa shape index (κ1) is 15.8. The summed E-state index contributed by atoms with van der Waals surface area (Å²) in [5.41, 5.74) is 2.87. The molecular weight excluding hydrogens is 326 g/mol. The summed E-state index contributed by atoms with van der Waals surface area (Å²) in [7, 11) is 0. The second-order valence-electron chi connectivity index (χ2n) is 5.95. The first-order valence-corrected chi connectivity index (χ1v) is 8.20. The number of hydrogen-bond donors (Lipinski definition) is 1. The zero-order chi connectivity index (χ0) is 17.9. The van der Waals surface area contributed by atoms with E-state index >= 15 is 0 Å². The van der Waals surface area contributed by atoms with Crippen molar-refractivity contribution >= 4 is 16.8 Å². The van der Waals surface area contributed by atoms with Crippen molar-refractivity contribution in [1.29, 1.82) is 5.26 Å². The number of fused-ring (bicyclic) bond motifs is 1. The summed E-state index contributed by atoms with van der Waals surface area (Å²) in [5.74, 6) is -1.03. The van der Waals surface area contributed by atoms with Crippen LogP contribution in [0.25, 0.3) is 11.0 Å². The molecule has 6 nitrogen and oxygen atoms in total. The van der Waals surface area contributed by atoms with Crippen molar-refractivity contribution in [2.24, 2.45) is 0 Å². The molecule has 0 aliphatic rings. The van der Waals surface area contributed by atoms with Gasteiger partial charge < -0.3 is 4.98 Å². The van der Waals surface area contributed by atoms with Crippen LogP contribution in [-0.4, -0.2) is 25.5 Å². The number of nitriles is 1. The quantitative estimate of drug-likeness (QED) is 0.564. The van der Waals surface area contributed by atoms with Gasteiger partial charge >= 0.3 is 0 Å². The Labute approximate surface area is 149 Å². The molecule has 2 heterocycles. The second-order valence-corrected chi connectivity index (χ2v) is 5.95. The van der Waals surface area contributed by atoms with Crippen molar-refractivity contribution in [1.82, 2.24) is 19.7 Å². The minimum Gasteiger partial charge on any atom is -0.340 e. The predicted molar refractivity (Wildman–Crippen MR) is 96.5 cm³/mol. The number of imidazole rings is 1. The largest absolute Gasteiger partial charge is 0.340 e. The van der Waals surface area contributed by atoms with Crippen LogP contribution in [0.3, 0.4) is 0 Å². The molecular formula is C20H15N5O. The van der Waals surface area contributed by atoms with E-state index in [1.165, 1.54) is 0 Å². The molecule has 4 rings (SSSR count). The molecule has 0 amide bonds. The van der Waals surface area contributed by atoms with Gasteiger partial charge in [0, 0.05) is 6.20 Å². The molecule has 0 fully saturated rings. The number of nitrogens with zero attached hydrogens (tertiary/aromatic N) is 4. The highest BCUT2D eigenvalue weighted by Crippen LogP contribution is 2.20. The second kappa shape index (κ2) is 6.65. The van der Waals surface area contributed by atoms with Crippen LogP contribution < -0.4 is 0 Å². The first-order chi connectivity index (χ1) is 12.7. The summed E-state index contributed by atoms with van der Waals surface area (Å²) in [6.45, 7) is 0.565. The Hall–Kier alpha value is -3.72. The van der Waals surface area contributed by atoms with Gasteiger partial charge in [0.1, 0.15) is 11.5 Å². The van der Waals surface area contributed by atoms with Crippen LogP contribution in [0.4, 0.5) is 0 Å². The monoisotopic (exact) mass is 341 g/mol. The molecule has 126 valence electrons. The fourth-order valence-corrected chi connectivity index (χ4v) is 2.85. The number of ketones is 1. The summed E-state index contributed by atoms with van der Waals surface area (Å²) in [6, 6.07) is 21.0. The molecule has 2 aromatic heterocycles. The zero-order valence-electron chi connectivity index (χ0n) is 13.8. The van der Waals surface area contributed by atoms with E-state index in [0.717, 1.165) is 16.6 Å². The van der Waals surface area contributed by atoms with Crippen molar-refractivity contribution in [3.8, 4) is 6.07 Å². The van der Waals surface area contributed by atoms with Crippen molar-refractivity contribution < 1.29 is 4.79 Å². The van der Waals surface area contributed by atoms with Gasteiger partial charge in [-0.05, 0) is 23.8 Å². The Morgan fingerprint density at radius 3 is 2.65 bits per heavy atom. The first-order valence-electron chi connectivity index (χ1n) is 8.20. The average Bonchev–Trinajstić information content (AvgIpc) is 3.30. The number of rotatable bonds is 5. The molecule has 6 heteroatoms. The Balaban J connectivity index is 1.58. The molecule has 0 saturated heterocycles. The van der Waals surface area contributed by atoms with Gasteiger partial charge in [0.05, 0.1) is 23.6 Å². The lowest BCUT2D eigenvalue weighted by molar-refractivity contribution is 0.0971. The molecule has 26 heavy (non-hydrogen) atoms. The molecule has 4 aromatic rings. The summed E-state index contributed by atoms with van der Waals surface area (Å²) < 4.78 is 1.69. The predicted octanol–water partition coefficient (Wildman–Crippen LogP) is 3.30. The maximum Gasteiger partial charge on any atom is 0.207 e. The van der Waals surface area contributed by atoms with Gasteiger partial charge in [0.2, 0.25) is 5.78 Å². The molecule has 0 radical (unpaired) electrons. The fourth-order valence-electron chi connectivity index (χ4n) is 2.85. The van der Waals surface area contributed by atoms with Gasteiger partial charge in [0.25, 0.3) is 0 Å². The third kappa shape index (κ3) is 2.98. The average molecular weight is 341 g/mol. The standard InChI is InChI=1S/C20H15N5O/c21-12-15(20-22-16-8-4-5-9-17(16)23-20)19(26)18-10-11-25(24-18)13-14-6-2-1-3-7-14/h1-11,15H,13H2,(H,22,23)/t15-/m1/s1. The SMILES string of the molecule is N#C[C@H](C(=O)c1ccn(Cc2ccccc2)n1)c1nc2ccccc2[nH]1. The van der Waals surface area contributed by atoms with Crippen LogP contribution in [0.2, 0.25) is 0 Å². The number of para-hydroxylation sites is 2. The number of Topliss-reactive ketones (excluding diaryl/α,β-unsaturated/α-hetero) is 1. The van der Waals surface area contributed by atoms with E-state index in [1.807, 2.05) is 60.7 Å². The minimum absolute atomic E-state index is 0.257. The van der Waals surface area contributed by atoms with E-state index in [0.29, 0.717) is 12.4 Å². The van der Waals surface area contributed by atoms with Crippen LogP contribution in [0, 0.1) is 11.3 Å². The number of carbonyl (C=O) groups excluding carboxylic acids is 1. The Morgan fingerprint density at radius 1 is 1.12 bits per heavy atom. The van der Waals surface area contributed by atoms with Gasteiger partial charge in [-0.25, -0.2) is 4.98 Å². The van der Waals surface area contributed by atoms with Crippen LogP contribution in [0.1, 0.15) is 27.8 Å². The highest BCUT2D eigenvalue weighted by molar-refractivity contribution is 6.01. The third-order valence-electron chi connectivity index (χ3n) is 4.15. The minimum atomic E-state index is -1.01. The van der Waals surface area contributed by atoms with Crippen molar-refractivity contribution in [2.75, 3.05) is 0 Å². The van der Waals surface area contributed by atoms with Gasteiger partial charge in [0.15, 0.2) is 5.92 Å². The molecule has 0 aliphatic carbocycles. The van der Waals surface area contributed by atoms with E-state index in [4.69, 9.17) is 0 Å². The maximum atomic E-state index is 12.8. The lowest BCUT2D eigenvalue weighted by atomic mass is 10.0. The van der Waals surface area contributed by atoms with Gasteiger partial charge in [-0.15, -0.1) is 0 Å². The van der Waals surface area contributed by atoms with E-state index in [2.05, 4.69) is 15.1 Å². The number of aromatic nitrogens is 4. The molecule has 1 N–H and O–H groups in total. The Bertz CT molecular complexity index is 1070. The topological polar surface area (TPSA) is 87.4 Å². The molecule has 0 aliphatic heterocycles. The zero-order valence-corrected chi connectivity index (χ0v) is 13.8. The molecule has 0 spiro atoms. The summed E-state index contributed by atoms with van der Waals surface area (Å²) in [6.07, 6.45) is 1.74. The van der Waals surface area contributed by atoms with E-state index < -0.39 is 5.92 Å². The summed E-state index contributed by atoms with van der Waals surface area (Å²) >= 11 is 0. The van der Waals surface area contributed by atoms with Crippen molar-refractivity contribution in [2.45, 2.75) is 12.5 Å². The number of H-pyrrole nitrogens is 1. The van der Waals surface area contributed by atoms with Crippen LogP contribution in [-0.2, 0) is 6.54 Å². The Morgan fingerprint density at radius 2 is 1.88 bits per heavy atom. The maximum absolute atomic E-state index is 12.8. The fraction of sp³-hybridized carbons (Fsp3) is 0.100. The smallest absolute Gasteiger partial charge is 0.207 e. The van der Waals surface area contributed by atoms with Gasteiger partial charge in [-0.2, -0.15) is 10.4 Å². The molecule has 0 unspecified atom stereocenters. The van der Waals surface area contributed by atoms with E-state index in [-0.39, 0.29) is 11.5 Å². The van der Waals surface area contributed by atoms with Crippen LogP contribution in [0.5, 0.6) is 0 Å². The van der Waals surface area contributed by atoms with Crippen molar-refractivity contribution in [3.05, 3.63) is 83.9 Å². The summed E-state index contributed by atoms with van der Waals surface area (Å²) in [5, 5.41) is 13.8. The molecule has 2 aromatic carbocycles. The summed E-state index contributed by atoms with van der Waals surface area (Å²) in [4.78, 5) is 20.2. The lowest BCUT2D eigenvalue weighted by Gasteiger charge is -2.03. The van der Waals surface area contributed by atoms with Crippen LogP contribution in [0.15, 0.2) is 66.9 Å². The van der Waals surface area contributed by atoms with E-state index in [1.54, 1.807) is 16.9 Å². The third-order valence-corrected chi connectivity index (χ3v) is 4.15. The highest BCUT2D eigenvalue weighted by atomic mass is 16.1. The van der Waals surface area contributed by atoms with Crippen molar-refractivity contribution in [3.63, 3.8) is 0 Å². The number of benzene rings is 2. The number of aromatic amines is 1.